The Morgan fingerprint density at radius 2 is 1.93 bits per heavy atom. The van der Waals surface area contributed by atoms with Gasteiger partial charge >= 0.3 is 0 Å². The highest BCUT2D eigenvalue weighted by Crippen LogP contribution is 2.23. The average molecular weight is 425 g/mol. The molecule has 0 aliphatic carbocycles. The number of hydrogen-bond acceptors (Lipinski definition) is 3. The van der Waals surface area contributed by atoms with Crippen LogP contribution in [0.25, 0.3) is 6.08 Å². The minimum Gasteiger partial charge on any atom is -0.381 e. The average Bonchev–Trinajstić information content (AvgIpc) is 2.89. The summed E-state index contributed by atoms with van der Waals surface area (Å²) in [6.45, 7) is 4.03. The van der Waals surface area contributed by atoms with Crippen LogP contribution in [0.5, 0.6) is 0 Å². The van der Waals surface area contributed by atoms with Gasteiger partial charge < -0.3 is 14.5 Å². The third kappa shape index (κ3) is 5.97. The largest absolute Gasteiger partial charge is 0.381 e. The lowest BCUT2D eigenvalue weighted by atomic mass is 9.96. The molecule has 0 bridgehead atoms. The van der Waals surface area contributed by atoms with E-state index in [1.807, 2.05) is 11.0 Å². The smallest absolute Gasteiger partial charge is 0.246 e. The first kappa shape index (κ1) is 21.2. The van der Waals surface area contributed by atoms with E-state index in [9.17, 15) is 9.59 Å². The quantitative estimate of drug-likeness (QED) is 0.673. The highest BCUT2D eigenvalue weighted by atomic mass is 35.5. The molecule has 0 unspecified atom stereocenters. The molecule has 0 saturated carbocycles. The van der Waals surface area contributed by atoms with Crippen molar-refractivity contribution in [2.75, 3.05) is 39.4 Å². The SMILES string of the molecule is O=C(/C=C/c1ccc(Cl)c(Cl)c1)N1CCC(=O)N(CCC2CCOCC2)CC1. The minimum atomic E-state index is -0.0925. The molecule has 0 atom stereocenters. The summed E-state index contributed by atoms with van der Waals surface area (Å²) in [7, 11) is 0. The van der Waals surface area contributed by atoms with Crippen LogP contribution in [0, 0.1) is 5.92 Å². The first-order valence-corrected chi connectivity index (χ1v) is 10.6. The van der Waals surface area contributed by atoms with Gasteiger partial charge in [-0.05, 0) is 49.0 Å². The molecule has 1 aromatic carbocycles. The van der Waals surface area contributed by atoms with Crippen molar-refractivity contribution in [1.29, 1.82) is 0 Å². The van der Waals surface area contributed by atoms with E-state index >= 15 is 0 Å². The lowest BCUT2D eigenvalue weighted by molar-refractivity contribution is -0.130. The van der Waals surface area contributed by atoms with Gasteiger partial charge in [0.15, 0.2) is 0 Å². The second kappa shape index (κ2) is 10.3. The van der Waals surface area contributed by atoms with E-state index in [1.54, 1.807) is 23.1 Å². The van der Waals surface area contributed by atoms with Crippen LogP contribution in [0.15, 0.2) is 24.3 Å². The molecule has 152 valence electrons. The predicted octanol–water partition coefficient (Wildman–Crippen LogP) is 3.88. The van der Waals surface area contributed by atoms with Crippen molar-refractivity contribution in [2.45, 2.75) is 25.7 Å². The molecule has 5 nitrogen and oxygen atoms in total. The van der Waals surface area contributed by atoms with Crippen molar-refractivity contribution in [1.82, 2.24) is 9.80 Å². The standard InChI is InChI=1S/C21H26Cl2N2O3/c22-18-3-1-17(15-19(18)23)2-4-20(26)25-10-6-21(27)24(11-12-25)9-5-16-7-13-28-14-8-16/h1-4,15-16H,5-14H2/b4-2+. The monoisotopic (exact) mass is 424 g/mol. The van der Waals surface area contributed by atoms with Gasteiger partial charge in [0.2, 0.25) is 11.8 Å². The number of carbonyl (C=O) groups excluding carboxylic acids is 2. The summed E-state index contributed by atoms with van der Waals surface area (Å²) >= 11 is 11.9. The van der Waals surface area contributed by atoms with E-state index in [-0.39, 0.29) is 11.8 Å². The van der Waals surface area contributed by atoms with E-state index in [0.29, 0.717) is 42.0 Å². The first-order chi connectivity index (χ1) is 13.5. The molecule has 28 heavy (non-hydrogen) atoms. The molecule has 1 aromatic rings. The van der Waals surface area contributed by atoms with Crippen LogP contribution in [0.1, 0.15) is 31.2 Å². The Morgan fingerprint density at radius 3 is 2.68 bits per heavy atom. The van der Waals surface area contributed by atoms with Gasteiger partial charge in [-0.1, -0.05) is 29.3 Å². The lowest BCUT2D eigenvalue weighted by Crippen LogP contribution is -2.36. The van der Waals surface area contributed by atoms with E-state index in [0.717, 1.165) is 44.6 Å². The van der Waals surface area contributed by atoms with Crippen LogP contribution in [0.4, 0.5) is 0 Å². The summed E-state index contributed by atoms with van der Waals surface area (Å²) in [4.78, 5) is 28.6. The fourth-order valence-electron chi connectivity index (χ4n) is 3.59. The highest BCUT2D eigenvalue weighted by molar-refractivity contribution is 6.42. The highest BCUT2D eigenvalue weighted by Gasteiger charge is 2.24. The molecular weight excluding hydrogens is 399 g/mol. The summed E-state index contributed by atoms with van der Waals surface area (Å²) in [5.41, 5.74) is 0.812. The number of benzene rings is 1. The van der Waals surface area contributed by atoms with E-state index in [1.165, 1.54) is 6.08 Å². The third-order valence-electron chi connectivity index (χ3n) is 5.41. The zero-order valence-electron chi connectivity index (χ0n) is 15.9. The molecule has 7 heteroatoms. The van der Waals surface area contributed by atoms with Gasteiger partial charge in [0, 0.05) is 51.9 Å². The molecule has 0 aromatic heterocycles. The van der Waals surface area contributed by atoms with Gasteiger partial charge in [0.05, 0.1) is 10.0 Å². The Bertz CT molecular complexity index is 732. The zero-order chi connectivity index (χ0) is 19.9. The van der Waals surface area contributed by atoms with E-state index in [4.69, 9.17) is 27.9 Å². The predicted molar refractivity (Wildman–Crippen MR) is 111 cm³/mol. The molecule has 0 spiro atoms. The van der Waals surface area contributed by atoms with E-state index in [2.05, 4.69) is 0 Å². The maximum absolute atomic E-state index is 12.5. The van der Waals surface area contributed by atoms with E-state index < -0.39 is 0 Å². The summed E-state index contributed by atoms with van der Waals surface area (Å²) < 4.78 is 5.40. The molecule has 2 heterocycles. The number of rotatable bonds is 5. The van der Waals surface area contributed by atoms with Crippen LogP contribution in [-0.2, 0) is 14.3 Å². The van der Waals surface area contributed by atoms with Crippen molar-refractivity contribution in [2.24, 2.45) is 5.92 Å². The van der Waals surface area contributed by atoms with Gasteiger partial charge in [-0.15, -0.1) is 0 Å². The third-order valence-corrected chi connectivity index (χ3v) is 6.15. The summed E-state index contributed by atoms with van der Waals surface area (Å²) in [6.07, 6.45) is 6.79. The maximum atomic E-state index is 12.5. The molecule has 2 saturated heterocycles. The van der Waals surface area contributed by atoms with Crippen LogP contribution in [0.2, 0.25) is 10.0 Å². The van der Waals surface area contributed by atoms with Gasteiger partial charge in [0.25, 0.3) is 0 Å². The molecule has 2 aliphatic rings. The molecule has 0 N–H and O–H groups in total. The maximum Gasteiger partial charge on any atom is 0.246 e. The second-order valence-corrected chi connectivity index (χ2v) is 8.12. The Kier molecular flexibility index (Phi) is 7.77. The summed E-state index contributed by atoms with van der Waals surface area (Å²) in [5.74, 6) is 0.678. The van der Waals surface area contributed by atoms with Crippen molar-refractivity contribution in [3.63, 3.8) is 0 Å². The van der Waals surface area contributed by atoms with Crippen molar-refractivity contribution < 1.29 is 14.3 Å². The van der Waals surface area contributed by atoms with Gasteiger partial charge in [0.1, 0.15) is 0 Å². The fraction of sp³-hybridized carbons (Fsp3) is 0.524. The van der Waals surface area contributed by atoms with Gasteiger partial charge in [-0.2, -0.15) is 0 Å². The number of nitrogens with zero attached hydrogens (tertiary/aromatic N) is 2. The molecule has 3 rings (SSSR count). The Balaban J connectivity index is 1.51. The van der Waals surface area contributed by atoms with Crippen LogP contribution < -0.4 is 0 Å². The van der Waals surface area contributed by atoms with Crippen LogP contribution in [-0.4, -0.2) is 61.0 Å². The molecular formula is C21H26Cl2N2O3. The first-order valence-electron chi connectivity index (χ1n) is 9.80. The molecule has 2 fully saturated rings. The van der Waals surface area contributed by atoms with Gasteiger partial charge in [-0.25, -0.2) is 0 Å². The minimum absolute atomic E-state index is 0.0925. The number of amides is 2. The fourth-order valence-corrected chi connectivity index (χ4v) is 3.89. The van der Waals surface area contributed by atoms with Crippen molar-refractivity contribution in [3.8, 4) is 0 Å². The normalized spacial score (nSPS) is 19.3. The summed E-state index contributed by atoms with van der Waals surface area (Å²) in [6, 6.07) is 5.23. The molecule has 2 amide bonds. The van der Waals surface area contributed by atoms with Crippen molar-refractivity contribution in [3.05, 3.63) is 39.9 Å². The van der Waals surface area contributed by atoms with Crippen molar-refractivity contribution >= 4 is 41.1 Å². The Morgan fingerprint density at radius 1 is 1.14 bits per heavy atom. The second-order valence-electron chi connectivity index (χ2n) is 7.31. The van der Waals surface area contributed by atoms with Gasteiger partial charge in [-0.3, -0.25) is 9.59 Å². The molecule has 0 radical (unpaired) electrons. The zero-order valence-corrected chi connectivity index (χ0v) is 17.4. The Hall–Kier alpha value is -1.56. The van der Waals surface area contributed by atoms with Crippen LogP contribution >= 0.6 is 23.2 Å². The number of carbonyl (C=O) groups is 2. The number of hydrogen-bond donors (Lipinski definition) is 0. The lowest BCUT2D eigenvalue weighted by Gasteiger charge is -2.26. The van der Waals surface area contributed by atoms with Crippen LogP contribution in [0.3, 0.4) is 0 Å². The Labute approximate surface area is 176 Å². The topological polar surface area (TPSA) is 49.9 Å². The number of halogens is 2. The summed E-state index contributed by atoms with van der Waals surface area (Å²) in [5, 5.41) is 0.939. The number of ether oxygens (including phenoxy) is 1. The molecule has 2 aliphatic heterocycles.